The number of piperidine rings is 1. The predicted molar refractivity (Wildman–Crippen MR) is 98.1 cm³/mol. The van der Waals surface area contributed by atoms with Crippen LogP contribution in [-0.4, -0.2) is 85.0 Å². The predicted octanol–water partition coefficient (Wildman–Crippen LogP) is 1.54. The second kappa shape index (κ2) is 8.63. The van der Waals surface area contributed by atoms with Gasteiger partial charge in [0.05, 0.1) is 6.04 Å². The van der Waals surface area contributed by atoms with Gasteiger partial charge < -0.3 is 15.1 Å². The molecule has 1 amide bonds. The van der Waals surface area contributed by atoms with E-state index in [-0.39, 0.29) is 6.04 Å². The Labute approximate surface area is 147 Å². The minimum Gasteiger partial charge on any atom is -0.339 e. The molecular formula is C19H36N4O. The molecule has 0 spiro atoms. The van der Waals surface area contributed by atoms with Gasteiger partial charge in [-0.1, -0.05) is 19.3 Å². The summed E-state index contributed by atoms with van der Waals surface area (Å²) >= 11 is 0. The minimum atomic E-state index is -0.0250. The Bertz CT molecular complexity index is 394. The number of amides is 1. The number of carbonyl (C=O) groups is 1. The first-order valence-corrected chi connectivity index (χ1v) is 10.1. The fourth-order valence-corrected chi connectivity index (χ4v) is 4.64. The molecule has 1 atom stereocenters. The summed E-state index contributed by atoms with van der Waals surface area (Å²) in [6.45, 7) is 8.40. The van der Waals surface area contributed by atoms with Gasteiger partial charge in [0, 0.05) is 38.3 Å². The van der Waals surface area contributed by atoms with E-state index in [1.54, 1.807) is 0 Å². The molecule has 3 aliphatic rings. The van der Waals surface area contributed by atoms with E-state index in [1.807, 2.05) is 0 Å². The Kier molecular flexibility index (Phi) is 6.53. The summed E-state index contributed by atoms with van der Waals surface area (Å²) in [5.41, 5.74) is 0. The van der Waals surface area contributed by atoms with Crippen LogP contribution in [0.15, 0.2) is 0 Å². The number of nitrogens with zero attached hydrogens (tertiary/aromatic N) is 3. The van der Waals surface area contributed by atoms with E-state index in [4.69, 9.17) is 0 Å². The zero-order valence-corrected chi connectivity index (χ0v) is 15.7. The molecule has 0 aromatic heterocycles. The summed E-state index contributed by atoms with van der Waals surface area (Å²) in [5.74, 6) is 0.309. The molecule has 0 aromatic carbocycles. The van der Waals surface area contributed by atoms with Crippen LogP contribution < -0.4 is 5.32 Å². The summed E-state index contributed by atoms with van der Waals surface area (Å²) in [7, 11) is 2.22. The van der Waals surface area contributed by atoms with Crippen LogP contribution in [-0.2, 0) is 4.79 Å². The van der Waals surface area contributed by atoms with Crippen molar-refractivity contribution in [1.82, 2.24) is 20.0 Å². The number of hydrogen-bond acceptors (Lipinski definition) is 4. The summed E-state index contributed by atoms with van der Waals surface area (Å²) in [6, 6.07) is 1.26. The molecule has 24 heavy (non-hydrogen) atoms. The van der Waals surface area contributed by atoms with E-state index in [9.17, 15) is 4.79 Å². The molecule has 138 valence electrons. The average molecular weight is 337 g/mol. The standard InChI is InChI=1S/C19H36N4O/c1-16(20-17-6-4-3-5-7-17)19(24)23-14-12-22(13-15-23)18-8-10-21(2)11-9-18/h16-18,20H,3-15H2,1-2H3/t16-/m1/s1. The highest BCUT2D eigenvalue weighted by molar-refractivity contribution is 5.81. The van der Waals surface area contributed by atoms with Crippen molar-refractivity contribution in [2.45, 2.75) is 70.0 Å². The van der Waals surface area contributed by atoms with Gasteiger partial charge in [0.1, 0.15) is 0 Å². The smallest absolute Gasteiger partial charge is 0.239 e. The first kappa shape index (κ1) is 18.2. The Balaban J connectivity index is 1.41. The van der Waals surface area contributed by atoms with Crippen LogP contribution in [0.1, 0.15) is 51.9 Å². The van der Waals surface area contributed by atoms with Crippen molar-refractivity contribution in [3.05, 3.63) is 0 Å². The van der Waals surface area contributed by atoms with Gasteiger partial charge in [-0.2, -0.15) is 0 Å². The number of piperazine rings is 1. The molecule has 0 bridgehead atoms. The van der Waals surface area contributed by atoms with Crippen LogP contribution in [0.25, 0.3) is 0 Å². The summed E-state index contributed by atoms with van der Waals surface area (Å²) in [5, 5.41) is 3.58. The highest BCUT2D eigenvalue weighted by Crippen LogP contribution is 2.19. The second-order valence-corrected chi connectivity index (χ2v) is 8.12. The van der Waals surface area contributed by atoms with Crippen LogP contribution in [0, 0.1) is 0 Å². The van der Waals surface area contributed by atoms with Crippen molar-refractivity contribution in [3.8, 4) is 0 Å². The van der Waals surface area contributed by atoms with Crippen molar-refractivity contribution in [3.63, 3.8) is 0 Å². The summed E-state index contributed by atoms with van der Waals surface area (Å²) in [6.07, 6.45) is 9.03. The lowest BCUT2D eigenvalue weighted by Gasteiger charge is -2.42. The Hall–Kier alpha value is -0.650. The molecule has 0 unspecified atom stereocenters. The lowest BCUT2D eigenvalue weighted by Crippen LogP contribution is -2.57. The minimum absolute atomic E-state index is 0.0250. The SMILES string of the molecule is C[C@@H](NC1CCCCC1)C(=O)N1CCN(C2CCN(C)CC2)CC1. The number of likely N-dealkylation sites (tertiary alicyclic amines) is 1. The van der Waals surface area contributed by atoms with Crippen molar-refractivity contribution in [1.29, 1.82) is 0 Å². The Morgan fingerprint density at radius 1 is 0.917 bits per heavy atom. The van der Waals surface area contributed by atoms with Crippen molar-refractivity contribution in [2.75, 3.05) is 46.3 Å². The van der Waals surface area contributed by atoms with E-state index in [1.165, 1.54) is 58.0 Å². The van der Waals surface area contributed by atoms with Crippen LogP contribution >= 0.6 is 0 Å². The topological polar surface area (TPSA) is 38.8 Å². The van der Waals surface area contributed by atoms with Crippen molar-refractivity contribution < 1.29 is 4.79 Å². The first-order valence-electron chi connectivity index (χ1n) is 10.1. The average Bonchev–Trinajstić information content (AvgIpc) is 2.63. The van der Waals surface area contributed by atoms with Gasteiger partial charge >= 0.3 is 0 Å². The maximum Gasteiger partial charge on any atom is 0.239 e. The van der Waals surface area contributed by atoms with Crippen LogP contribution in [0.2, 0.25) is 0 Å². The van der Waals surface area contributed by atoms with Crippen LogP contribution in [0.3, 0.4) is 0 Å². The Morgan fingerprint density at radius 3 is 2.17 bits per heavy atom. The number of rotatable bonds is 4. The van der Waals surface area contributed by atoms with Gasteiger partial charge in [-0.15, -0.1) is 0 Å². The fraction of sp³-hybridized carbons (Fsp3) is 0.947. The molecule has 2 aliphatic heterocycles. The highest BCUT2D eigenvalue weighted by atomic mass is 16.2. The Morgan fingerprint density at radius 2 is 1.54 bits per heavy atom. The van der Waals surface area contributed by atoms with Gasteiger partial charge in [-0.3, -0.25) is 9.69 Å². The summed E-state index contributed by atoms with van der Waals surface area (Å²) in [4.78, 5) is 19.9. The molecule has 3 rings (SSSR count). The molecule has 2 saturated heterocycles. The second-order valence-electron chi connectivity index (χ2n) is 8.12. The lowest BCUT2D eigenvalue weighted by molar-refractivity contribution is -0.135. The van der Waals surface area contributed by atoms with Crippen LogP contribution in [0.4, 0.5) is 0 Å². The van der Waals surface area contributed by atoms with E-state index < -0.39 is 0 Å². The quantitative estimate of drug-likeness (QED) is 0.845. The monoisotopic (exact) mass is 336 g/mol. The molecule has 0 radical (unpaired) electrons. The molecule has 1 saturated carbocycles. The van der Waals surface area contributed by atoms with Gasteiger partial charge in [0.15, 0.2) is 0 Å². The number of hydrogen-bond donors (Lipinski definition) is 1. The maximum atomic E-state index is 12.7. The van der Waals surface area contributed by atoms with Crippen LogP contribution in [0.5, 0.6) is 0 Å². The normalized spacial score (nSPS) is 27.3. The maximum absolute atomic E-state index is 12.7. The van der Waals surface area contributed by atoms with Gasteiger partial charge in [-0.05, 0) is 52.7 Å². The van der Waals surface area contributed by atoms with Gasteiger partial charge in [-0.25, -0.2) is 0 Å². The van der Waals surface area contributed by atoms with E-state index in [0.29, 0.717) is 11.9 Å². The lowest BCUT2D eigenvalue weighted by atomic mass is 9.95. The van der Waals surface area contributed by atoms with Gasteiger partial charge in [0.2, 0.25) is 5.91 Å². The molecule has 5 heteroatoms. The first-order chi connectivity index (χ1) is 11.6. The third-order valence-electron chi connectivity index (χ3n) is 6.29. The summed E-state index contributed by atoms with van der Waals surface area (Å²) < 4.78 is 0. The number of carbonyl (C=O) groups excluding carboxylic acids is 1. The van der Waals surface area contributed by atoms with Gasteiger partial charge in [0.25, 0.3) is 0 Å². The molecule has 5 nitrogen and oxygen atoms in total. The molecule has 0 aromatic rings. The number of nitrogens with one attached hydrogen (secondary N) is 1. The molecule has 1 aliphatic carbocycles. The third kappa shape index (κ3) is 4.70. The fourth-order valence-electron chi connectivity index (χ4n) is 4.64. The van der Waals surface area contributed by atoms with Crippen molar-refractivity contribution in [2.24, 2.45) is 0 Å². The third-order valence-corrected chi connectivity index (χ3v) is 6.29. The van der Waals surface area contributed by atoms with E-state index in [0.717, 1.165) is 32.2 Å². The van der Waals surface area contributed by atoms with E-state index >= 15 is 0 Å². The largest absolute Gasteiger partial charge is 0.339 e. The van der Waals surface area contributed by atoms with E-state index in [2.05, 4.69) is 34.0 Å². The zero-order chi connectivity index (χ0) is 16.9. The van der Waals surface area contributed by atoms with Crippen molar-refractivity contribution >= 4 is 5.91 Å². The molecule has 3 fully saturated rings. The molecule has 1 N–H and O–H groups in total. The zero-order valence-electron chi connectivity index (χ0n) is 15.7. The highest BCUT2D eigenvalue weighted by Gasteiger charge is 2.30. The molecule has 2 heterocycles. The molecular weight excluding hydrogens is 300 g/mol.